The van der Waals surface area contributed by atoms with Crippen molar-refractivity contribution in [1.29, 1.82) is 0 Å². The van der Waals surface area contributed by atoms with Crippen molar-refractivity contribution in [2.24, 2.45) is 5.92 Å². The van der Waals surface area contributed by atoms with Crippen molar-refractivity contribution in [3.05, 3.63) is 35.9 Å². The van der Waals surface area contributed by atoms with Gasteiger partial charge in [-0.25, -0.2) is 4.79 Å². The van der Waals surface area contributed by atoms with Crippen LogP contribution in [0, 0.1) is 5.92 Å². The van der Waals surface area contributed by atoms with Crippen LogP contribution in [0.1, 0.15) is 32.8 Å². The number of benzene rings is 1. The monoisotopic (exact) mass is 599 g/mol. The molecule has 2 heterocycles. The van der Waals surface area contributed by atoms with E-state index in [0.29, 0.717) is 0 Å². The lowest BCUT2D eigenvalue weighted by atomic mass is 10.0. The van der Waals surface area contributed by atoms with Crippen molar-refractivity contribution in [3.63, 3.8) is 0 Å². The second kappa shape index (κ2) is 14.6. The van der Waals surface area contributed by atoms with Gasteiger partial charge in [0.1, 0.15) is 31.2 Å². The molecule has 0 aliphatic carbocycles. The van der Waals surface area contributed by atoms with E-state index in [2.05, 4.69) is 16.0 Å². The summed E-state index contributed by atoms with van der Waals surface area (Å²) in [6.07, 6.45) is 0.451. The molecule has 0 unspecified atom stereocenters. The van der Waals surface area contributed by atoms with Crippen LogP contribution in [0.3, 0.4) is 0 Å². The molecule has 3 N–H and O–H groups in total. The topological polar surface area (TPSA) is 169 Å². The Morgan fingerprint density at radius 3 is 2.21 bits per heavy atom. The average Bonchev–Trinajstić information content (AvgIpc) is 3.19. The van der Waals surface area contributed by atoms with Crippen LogP contribution >= 0.6 is 0 Å². The molecule has 2 fully saturated rings. The van der Waals surface area contributed by atoms with Crippen molar-refractivity contribution in [1.82, 2.24) is 35.6 Å². The van der Waals surface area contributed by atoms with Gasteiger partial charge in [-0.15, -0.1) is 0 Å². The Morgan fingerprint density at radius 1 is 0.930 bits per heavy atom. The molecule has 1 aromatic carbocycles. The highest BCUT2D eigenvalue weighted by Crippen LogP contribution is 2.13. The third-order valence-corrected chi connectivity index (χ3v) is 7.49. The normalized spacial score (nSPS) is 23.4. The summed E-state index contributed by atoms with van der Waals surface area (Å²) < 4.78 is 0. The van der Waals surface area contributed by atoms with Crippen LogP contribution in [0.2, 0.25) is 0 Å². The summed E-state index contributed by atoms with van der Waals surface area (Å²) in [6, 6.07) is 5.55. The van der Waals surface area contributed by atoms with Crippen molar-refractivity contribution in [2.75, 3.05) is 46.8 Å². The number of nitrogens with zero attached hydrogens (tertiary/aromatic N) is 4. The molecular weight excluding hydrogens is 558 g/mol. The van der Waals surface area contributed by atoms with Gasteiger partial charge in [-0.3, -0.25) is 33.7 Å². The predicted molar refractivity (Wildman–Crippen MR) is 155 cm³/mol. The van der Waals surface area contributed by atoms with Crippen LogP contribution in [0.25, 0.3) is 0 Å². The van der Waals surface area contributed by atoms with Crippen LogP contribution < -0.4 is 16.0 Å². The van der Waals surface area contributed by atoms with Crippen molar-refractivity contribution < 1.29 is 33.6 Å². The number of urea groups is 1. The first kappa shape index (κ1) is 33.0. The highest BCUT2D eigenvalue weighted by molar-refractivity contribution is 6.04. The summed E-state index contributed by atoms with van der Waals surface area (Å²) in [5, 5.41) is 8.21. The second-order valence-corrected chi connectivity index (χ2v) is 11.3. The van der Waals surface area contributed by atoms with E-state index in [1.165, 1.54) is 35.7 Å². The molecule has 0 bridgehead atoms. The number of carbonyl (C=O) groups is 7. The third-order valence-electron chi connectivity index (χ3n) is 7.49. The van der Waals surface area contributed by atoms with Crippen LogP contribution in [-0.2, 0) is 35.2 Å². The number of imide groups is 1. The predicted octanol–water partition coefficient (Wildman–Crippen LogP) is -1.06. The molecule has 3 rings (SSSR count). The molecule has 3 atom stereocenters. The zero-order valence-electron chi connectivity index (χ0n) is 25.3. The summed E-state index contributed by atoms with van der Waals surface area (Å²) >= 11 is 0. The lowest BCUT2D eigenvalue weighted by Crippen LogP contribution is -2.58. The number of carbonyl (C=O) groups excluding carboxylic acids is 7. The number of hydrogen-bond acceptors (Lipinski definition) is 7. The lowest BCUT2D eigenvalue weighted by Gasteiger charge is -2.33. The summed E-state index contributed by atoms with van der Waals surface area (Å²) in [5.74, 6) is -3.63. The number of amides is 8. The summed E-state index contributed by atoms with van der Waals surface area (Å²) in [4.78, 5) is 95.3. The van der Waals surface area contributed by atoms with Crippen LogP contribution in [0.15, 0.2) is 30.3 Å². The zero-order valence-corrected chi connectivity index (χ0v) is 25.3. The number of rotatable bonds is 5. The van der Waals surface area contributed by atoms with Gasteiger partial charge in [0.15, 0.2) is 0 Å². The van der Waals surface area contributed by atoms with Gasteiger partial charge in [-0.2, -0.15) is 0 Å². The van der Waals surface area contributed by atoms with E-state index in [1.807, 2.05) is 30.3 Å². The first-order valence-electron chi connectivity index (χ1n) is 14.3. The molecule has 2 aliphatic rings. The smallest absolute Gasteiger partial charge is 0.327 e. The minimum atomic E-state index is -1.07. The second-order valence-electron chi connectivity index (χ2n) is 11.3. The highest BCUT2D eigenvalue weighted by atomic mass is 16.2. The Bertz CT molecular complexity index is 1240. The van der Waals surface area contributed by atoms with E-state index in [-0.39, 0.29) is 44.9 Å². The van der Waals surface area contributed by atoms with E-state index in [1.54, 1.807) is 13.8 Å². The molecule has 0 radical (unpaired) electrons. The van der Waals surface area contributed by atoms with Gasteiger partial charge in [0.2, 0.25) is 29.5 Å². The van der Waals surface area contributed by atoms with Crippen LogP contribution in [0.5, 0.6) is 0 Å². The Morgan fingerprint density at radius 2 is 1.60 bits per heavy atom. The SMILES string of the molecule is CC(C)[C@@H]1NC(=O)[C@@H](C)N(C(=O)CN2C(=O)CN(C)C2=O)CCCNC(=O)[C@H](Cc2ccccc2)NC(=O)CN(C)C1=O. The third kappa shape index (κ3) is 8.52. The number of nitrogens with one attached hydrogen (secondary N) is 3. The molecule has 0 saturated carbocycles. The maximum Gasteiger partial charge on any atom is 0.327 e. The van der Waals surface area contributed by atoms with E-state index >= 15 is 0 Å². The van der Waals surface area contributed by atoms with Gasteiger partial charge in [0.05, 0.1) is 6.54 Å². The fraction of sp³-hybridized carbons (Fsp3) is 0.552. The van der Waals surface area contributed by atoms with Crippen LogP contribution in [-0.4, -0.2) is 126 Å². The van der Waals surface area contributed by atoms with Crippen molar-refractivity contribution in [3.8, 4) is 0 Å². The minimum absolute atomic E-state index is 0.00959. The Kier molecular flexibility index (Phi) is 11.2. The Hall–Kier alpha value is -4.49. The van der Waals surface area contributed by atoms with Crippen molar-refractivity contribution in [2.45, 2.75) is 51.7 Å². The maximum absolute atomic E-state index is 13.4. The molecule has 8 amide bonds. The Balaban J connectivity index is 1.87. The molecule has 2 saturated heterocycles. The molecule has 0 spiro atoms. The quantitative estimate of drug-likeness (QED) is 0.363. The molecule has 14 nitrogen and oxygen atoms in total. The highest BCUT2D eigenvalue weighted by Gasteiger charge is 2.38. The van der Waals surface area contributed by atoms with E-state index < -0.39 is 66.1 Å². The van der Waals surface area contributed by atoms with Gasteiger partial charge in [-0.1, -0.05) is 44.2 Å². The molecule has 14 heteroatoms. The molecule has 2 aliphatic heterocycles. The molecule has 0 aromatic heterocycles. The molecule has 1 aromatic rings. The standard InChI is InChI=1S/C29H41N7O7/c1-18(2)25-28(42)33(4)15-22(37)31-21(14-20-10-7-6-8-11-20)27(41)30-12-9-13-35(19(3)26(40)32-25)24(39)17-36-23(38)16-34(5)29(36)43/h6-8,10-11,18-19,21,25H,9,12-17H2,1-5H3,(H,30,41)(H,31,37)(H,32,40)/t19-,21+,25+/m1/s1. The van der Waals surface area contributed by atoms with Gasteiger partial charge in [0, 0.05) is 33.6 Å². The van der Waals surface area contributed by atoms with Gasteiger partial charge in [-0.05, 0) is 24.8 Å². The first-order chi connectivity index (χ1) is 20.3. The largest absolute Gasteiger partial charge is 0.354 e. The number of hydrogen-bond donors (Lipinski definition) is 3. The first-order valence-corrected chi connectivity index (χ1v) is 14.3. The molecular formula is C29H41N7O7. The molecule has 43 heavy (non-hydrogen) atoms. The minimum Gasteiger partial charge on any atom is -0.354 e. The Labute approximate surface area is 251 Å². The lowest BCUT2D eigenvalue weighted by molar-refractivity contribution is -0.144. The van der Waals surface area contributed by atoms with Crippen molar-refractivity contribution >= 4 is 41.5 Å². The van der Waals surface area contributed by atoms with Gasteiger partial charge < -0.3 is 30.7 Å². The zero-order chi connectivity index (χ0) is 31.8. The molecule has 234 valence electrons. The summed E-state index contributed by atoms with van der Waals surface area (Å²) in [5.41, 5.74) is 0.826. The van der Waals surface area contributed by atoms with Crippen LogP contribution in [0.4, 0.5) is 4.79 Å². The van der Waals surface area contributed by atoms with E-state index in [4.69, 9.17) is 0 Å². The summed E-state index contributed by atoms with van der Waals surface area (Å²) in [6.45, 7) is 4.05. The average molecular weight is 600 g/mol. The fourth-order valence-electron chi connectivity index (χ4n) is 4.93. The van der Waals surface area contributed by atoms with E-state index in [9.17, 15) is 33.6 Å². The number of likely N-dealkylation sites (N-methyl/N-ethyl adjacent to an activating group) is 2. The van der Waals surface area contributed by atoms with Gasteiger partial charge in [0.25, 0.3) is 5.91 Å². The maximum atomic E-state index is 13.4. The fourth-order valence-corrected chi connectivity index (χ4v) is 4.93. The van der Waals surface area contributed by atoms with Gasteiger partial charge >= 0.3 is 6.03 Å². The summed E-state index contributed by atoms with van der Waals surface area (Å²) in [7, 11) is 2.88. The van der Waals surface area contributed by atoms with E-state index in [0.717, 1.165) is 10.5 Å².